The second-order valence-corrected chi connectivity index (χ2v) is 6.94. The van der Waals surface area contributed by atoms with Crippen molar-refractivity contribution in [3.63, 3.8) is 0 Å². The second-order valence-electron chi connectivity index (χ2n) is 6.94. The van der Waals surface area contributed by atoms with Crippen molar-refractivity contribution >= 4 is 0 Å². The highest BCUT2D eigenvalue weighted by Gasteiger charge is 2.46. The van der Waals surface area contributed by atoms with Crippen molar-refractivity contribution in [2.45, 2.75) is 51.1 Å². The van der Waals surface area contributed by atoms with Gasteiger partial charge in [0.25, 0.3) is 0 Å². The van der Waals surface area contributed by atoms with Gasteiger partial charge in [-0.25, -0.2) is 0 Å². The predicted octanol–water partition coefficient (Wildman–Crippen LogP) is 1.78. The molecular formula is C15H31N3. The van der Waals surface area contributed by atoms with Gasteiger partial charge in [0, 0.05) is 31.2 Å². The molecule has 4 atom stereocenters. The van der Waals surface area contributed by atoms with E-state index in [9.17, 15) is 0 Å². The van der Waals surface area contributed by atoms with E-state index < -0.39 is 0 Å². The minimum Gasteiger partial charge on any atom is -0.329 e. The van der Waals surface area contributed by atoms with E-state index in [0.717, 1.165) is 24.4 Å². The normalized spacial score (nSPS) is 42.7. The smallest absolute Gasteiger partial charge is 0.0358 e. The molecule has 1 aliphatic heterocycles. The molecule has 18 heavy (non-hydrogen) atoms. The van der Waals surface area contributed by atoms with E-state index in [-0.39, 0.29) is 5.54 Å². The van der Waals surface area contributed by atoms with Crippen molar-refractivity contribution in [3.05, 3.63) is 0 Å². The van der Waals surface area contributed by atoms with Gasteiger partial charge >= 0.3 is 0 Å². The summed E-state index contributed by atoms with van der Waals surface area (Å²) in [7, 11) is 4.41. The molecule has 0 aromatic rings. The van der Waals surface area contributed by atoms with Crippen LogP contribution >= 0.6 is 0 Å². The maximum absolute atomic E-state index is 6.22. The highest BCUT2D eigenvalue weighted by atomic mass is 15.3. The molecule has 3 nitrogen and oxygen atoms in total. The van der Waals surface area contributed by atoms with Gasteiger partial charge in [-0.2, -0.15) is 0 Å². The summed E-state index contributed by atoms with van der Waals surface area (Å²) in [6, 6.07) is 0.722. The fourth-order valence-corrected chi connectivity index (χ4v) is 4.15. The SMILES string of the molecule is CC1CCC(CN)(N2CCC(N(C)C)C2)C(C)C1. The molecule has 2 aliphatic rings. The first kappa shape index (κ1) is 14.3. The van der Waals surface area contributed by atoms with Crippen LogP contribution in [-0.4, -0.2) is 55.1 Å². The van der Waals surface area contributed by atoms with Crippen LogP contribution in [0.15, 0.2) is 0 Å². The van der Waals surface area contributed by atoms with Crippen LogP contribution in [0.4, 0.5) is 0 Å². The Labute approximate surface area is 113 Å². The quantitative estimate of drug-likeness (QED) is 0.832. The van der Waals surface area contributed by atoms with Crippen LogP contribution in [0.1, 0.15) is 39.5 Å². The summed E-state index contributed by atoms with van der Waals surface area (Å²) in [5.41, 5.74) is 6.51. The van der Waals surface area contributed by atoms with Crippen LogP contribution in [0.5, 0.6) is 0 Å². The average Bonchev–Trinajstić information content (AvgIpc) is 2.80. The third-order valence-electron chi connectivity index (χ3n) is 5.62. The number of rotatable bonds is 3. The molecule has 2 fully saturated rings. The summed E-state index contributed by atoms with van der Waals surface area (Å²) >= 11 is 0. The lowest BCUT2D eigenvalue weighted by molar-refractivity contribution is 0.0127. The molecule has 1 saturated carbocycles. The van der Waals surface area contributed by atoms with E-state index in [1.54, 1.807) is 0 Å². The molecular weight excluding hydrogens is 222 g/mol. The largest absolute Gasteiger partial charge is 0.329 e. The highest BCUT2D eigenvalue weighted by molar-refractivity contribution is 5.02. The number of nitrogens with two attached hydrogens (primary N) is 1. The van der Waals surface area contributed by atoms with Gasteiger partial charge in [0.05, 0.1) is 0 Å². The second kappa shape index (κ2) is 5.48. The number of nitrogens with zero attached hydrogens (tertiary/aromatic N) is 2. The molecule has 3 heteroatoms. The zero-order valence-corrected chi connectivity index (χ0v) is 12.7. The molecule has 0 bridgehead atoms. The highest BCUT2D eigenvalue weighted by Crippen LogP contribution is 2.41. The number of hydrogen-bond acceptors (Lipinski definition) is 3. The lowest BCUT2D eigenvalue weighted by atomic mass is 9.69. The van der Waals surface area contributed by atoms with Crippen molar-refractivity contribution in [1.82, 2.24) is 9.80 Å². The van der Waals surface area contributed by atoms with E-state index in [1.807, 2.05) is 0 Å². The van der Waals surface area contributed by atoms with Gasteiger partial charge < -0.3 is 10.6 Å². The van der Waals surface area contributed by atoms with Crippen LogP contribution in [0, 0.1) is 11.8 Å². The van der Waals surface area contributed by atoms with Crippen LogP contribution in [0.25, 0.3) is 0 Å². The predicted molar refractivity (Wildman–Crippen MR) is 77.6 cm³/mol. The van der Waals surface area contributed by atoms with Crippen molar-refractivity contribution in [2.24, 2.45) is 17.6 Å². The lowest BCUT2D eigenvalue weighted by Crippen LogP contribution is -2.59. The Morgan fingerprint density at radius 2 is 2.00 bits per heavy atom. The fourth-order valence-electron chi connectivity index (χ4n) is 4.15. The summed E-state index contributed by atoms with van der Waals surface area (Å²) in [6.07, 6.45) is 5.30. The van der Waals surface area contributed by atoms with E-state index in [1.165, 1.54) is 38.8 Å². The van der Waals surface area contributed by atoms with Gasteiger partial charge in [0.15, 0.2) is 0 Å². The standard InChI is InChI=1S/C15H31N3/c1-12-5-7-15(11-16,13(2)9-12)18-8-6-14(10-18)17(3)4/h12-14H,5-11,16H2,1-4H3. The molecule has 1 aliphatic carbocycles. The molecule has 1 heterocycles. The first-order valence-electron chi connectivity index (χ1n) is 7.61. The summed E-state index contributed by atoms with van der Waals surface area (Å²) in [5.74, 6) is 1.62. The zero-order chi connectivity index (χ0) is 13.3. The molecule has 106 valence electrons. The Kier molecular flexibility index (Phi) is 4.35. The summed E-state index contributed by atoms with van der Waals surface area (Å²) in [4.78, 5) is 5.09. The first-order valence-corrected chi connectivity index (χ1v) is 7.61. The summed E-state index contributed by atoms with van der Waals surface area (Å²) in [6.45, 7) is 8.10. The van der Waals surface area contributed by atoms with E-state index in [0.29, 0.717) is 0 Å². The molecule has 0 aromatic heterocycles. The van der Waals surface area contributed by atoms with Gasteiger partial charge in [0.1, 0.15) is 0 Å². The molecule has 0 aromatic carbocycles. The first-order chi connectivity index (χ1) is 8.49. The number of likely N-dealkylation sites (tertiary alicyclic amines) is 1. The summed E-state index contributed by atoms with van der Waals surface area (Å²) < 4.78 is 0. The Balaban J connectivity index is 2.09. The fraction of sp³-hybridized carbons (Fsp3) is 1.00. The Morgan fingerprint density at radius 3 is 2.50 bits per heavy atom. The molecule has 2 N–H and O–H groups in total. The van der Waals surface area contributed by atoms with Crippen LogP contribution in [0.3, 0.4) is 0 Å². The van der Waals surface area contributed by atoms with Crippen LogP contribution in [-0.2, 0) is 0 Å². The van der Waals surface area contributed by atoms with Gasteiger partial charge in [-0.3, -0.25) is 4.90 Å². The summed E-state index contributed by atoms with van der Waals surface area (Å²) in [5, 5.41) is 0. The average molecular weight is 253 g/mol. The van der Waals surface area contributed by atoms with Gasteiger partial charge in [0.2, 0.25) is 0 Å². The Hall–Kier alpha value is -0.120. The molecule has 0 amide bonds. The zero-order valence-electron chi connectivity index (χ0n) is 12.7. The van der Waals surface area contributed by atoms with E-state index in [2.05, 4.69) is 37.7 Å². The molecule has 0 spiro atoms. The third kappa shape index (κ3) is 2.45. The van der Waals surface area contributed by atoms with Gasteiger partial charge in [-0.15, -0.1) is 0 Å². The minimum absolute atomic E-state index is 0.289. The van der Waals surface area contributed by atoms with Crippen LogP contribution in [0.2, 0.25) is 0 Å². The third-order valence-corrected chi connectivity index (χ3v) is 5.62. The Morgan fingerprint density at radius 1 is 1.28 bits per heavy atom. The molecule has 1 saturated heterocycles. The van der Waals surface area contributed by atoms with Crippen molar-refractivity contribution < 1.29 is 0 Å². The van der Waals surface area contributed by atoms with Gasteiger partial charge in [-0.1, -0.05) is 13.8 Å². The lowest BCUT2D eigenvalue weighted by Gasteiger charge is -2.50. The number of hydrogen-bond donors (Lipinski definition) is 1. The maximum atomic E-state index is 6.22. The molecule has 2 rings (SSSR count). The topological polar surface area (TPSA) is 32.5 Å². The molecule has 0 radical (unpaired) electrons. The minimum atomic E-state index is 0.289. The van der Waals surface area contributed by atoms with Crippen LogP contribution < -0.4 is 5.73 Å². The van der Waals surface area contributed by atoms with Crippen molar-refractivity contribution in [1.29, 1.82) is 0 Å². The van der Waals surface area contributed by atoms with E-state index in [4.69, 9.17) is 5.73 Å². The Bertz CT molecular complexity index is 279. The van der Waals surface area contributed by atoms with E-state index >= 15 is 0 Å². The van der Waals surface area contributed by atoms with Gasteiger partial charge in [-0.05, 0) is 51.6 Å². The van der Waals surface area contributed by atoms with Crippen molar-refractivity contribution in [2.75, 3.05) is 33.7 Å². The molecule has 4 unspecified atom stereocenters. The number of likely N-dealkylation sites (N-methyl/N-ethyl adjacent to an activating group) is 1. The maximum Gasteiger partial charge on any atom is 0.0358 e. The van der Waals surface area contributed by atoms with Crippen molar-refractivity contribution in [3.8, 4) is 0 Å². The monoisotopic (exact) mass is 253 g/mol.